The molecule has 0 atom stereocenters. The van der Waals surface area contributed by atoms with Crippen molar-refractivity contribution in [2.45, 2.75) is 71.6 Å². The Morgan fingerprint density at radius 2 is 1.65 bits per heavy atom. The lowest BCUT2D eigenvalue weighted by Crippen LogP contribution is -2.21. The van der Waals surface area contributed by atoms with Crippen LogP contribution >= 0.6 is 12.4 Å². The van der Waals surface area contributed by atoms with E-state index in [-0.39, 0.29) is 18.0 Å². The molecule has 2 heterocycles. The summed E-state index contributed by atoms with van der Waals surface area (Å²) in [6.07, 6.45) is 13.0. The standard InChI is InChI=1S/C19H28N2O.ClH/c1-3-4-5-6-7-8-9-10-13-17-16(2)20-18-14-11-12-15-21(18)19(17)22;/h11-12,14-15H,3-10,13H2,1-2H3;1H. The molecule has 2 aromatic heterocycles. The molecule has 23 heavy (non-hydrogen) atoms. The zero-order chi connectivity index (χ0) is 15.8. The van der Waals surface area contributed by atoms with Gasteiger partial charge in [0, 0.05) is 17.5 Å². The molecular weight excluding hydrogens is 308 g/mol. The average Bonchev–Trinajstić information content (AvgIpc) is 2.52. The monoisotopic (exact) mass is 336 g/mol. The van der Waals surface area contributed by atoms with E-state index in [9.17, 15) is 4.79 Å². The molecule has 0 N–H and O–H groups in total. The van der Waals surface area contributed by atoms with Crippen LogP contribution in [0.5, 0.6) is 0 Å². The maximum atomic E-state index is 12.5. The molecule has 0 aliphatic rings. The van der Waals surface area contributed by atoms with Gasteiger partial charge in [-0.05, 0) is 31.9 Å². The van der Waals surface area contributed by atoms with E-state index < -0.39 is 0 Å². The summed E-state index contributed by atoms with van der Waals surface area (Å²) in [6.45, 7) is 4.20. The highest BCUT2D eigenvalue weighted by Gasteiger charge is 2.08. The summed E-state index contributed by atoms with van der Waals surface area (Å²) in [5.74, 6) is 0. The van der Waals surface area contributed by atoms with Crippen LogP contribution in [0.3, 0.4) is 0 Å². The van der Waals surface area contributed by atoms with Crippen molar-refractivity contribution in [1.82, 2.24) is 9.38 Å². The minimum atomic E-state index is 0. The van der Waals surface area contributed by atoms with E-state index in [4.69, 9.17) is 0 Å². The Morgan fingerprint density at radius 1 is 1.00 bits per heavy atom. The van der Waals surface area contributed by atoms with Gasteiger partial charge in [0.25, 0.3) is 5.56 Å². The lowest BCUT2D eigenvalue weighted by molar-refractivity contribution is 0.574. The first-order chi connectivity index (χ1) is 10.7. The van der Waals surface area contributed by atoms with Gasteiger partial charge in [-0.3, -0.25) is 9.20 Å². The number of fused-ring (bicyclic) bond motifs is 1. The lowest BCUT2D eigenvalue weighted by Gasteiger charge is -2.07. The number of hydrogen-bond donors (Lipinski definition) is 0. The van der Waals surface area contributed by atoms with E-state index in [0.29, 0.717) is 0 Å². The van der Waals surface area contributed by atoms with Gasteiger partial charge >= 0.3 is 0 Å². The summed E-state index contributed by atoms with van der Waals surface area (Å²) >= 11 is 0. The molecule has 2 rings (SSSR count). The molecule has 0 amide bonds. The van der Waals surface area contributed by atoms with Gasteiger partial charge in [-0.15, -0.1) is 12.4 Å². The summed E-state index contributed by atoms with van der Waals surface area (Å²) in [5.41, 5.74) is 2.62. The first kappa shape index (κ1) is 19.7. The van der Waals surface area contributed by atoms with Gasteiger partial charge in [0.2, 0.25) is 0 Å². The van der Waals surface area contributed by atoms with Crippen molar-refractivity contribution in [2.75, 3.05) is 0 Å². The number of halogens is 1. The minimum Gasteiger partial charge on any atom is -0.269 e. The number of unbranched alkanes of at least 4 members (excludes halogenated alkanes) is 7. The van der Waals surface area contributed by atoms with Crippen LogP contribution in [-0.4, -0.2) is 9.38 Å². The summed E-state index contributed by atoms with van der Waals surface area (Å²) in [4.78, 5) is 17.1. The van der Waals surface area contributed by atoms with Gasteiger partial charge in [-0.2, -0.15) is 0 Å². The molecule has 0 saturated heterocycles. The van der Waals surface area contributed by atoms with Gasteiger partial charge in [0.1, 0.15) is 5.65 Å². The molecule has 4 heteroatoms. The van der Waals surface area contributed by atoms with Gasteiger partial charge < -0.3 is 0 Å². The first-order valence-corrected chi connectivity index (χ1v) is 8.71. The molecule has 0 aromatic carbocycles. The van der Waals surface area contributed by atoms with Crippen molar-refractivity contribution >= 4 is 18.1 Å². The Bertz CT molecular complexity index is 651. The third kappa shape index (κ3) is 5.65. The van der Waals surface area contributed by atoms with Crippen LogP contribution in [0.15, 0.2) is 29.2 Å². The molecule has 0 aliphatic carbocycles. The van der Waals surface area contributed by atoms with Crippen LogP contribution in [-0.2, 0) is 6.42 Å². The van der Waals surface area contributed by atoms with Crippen LogP contribution in [0.2, 0.25) is 0 Å². The maximum absolute atomic E-state index is 12.5. The highest BCUT2D eigenvalue weighted by atomic mass is 35.5. The number of aryl methyl sites for hydroxylation is 1. The second-order valence-corrected chi connectivity index (χ2v) is 6.13. The highest BCUT2D eigenvalue weighted by Crippen LogP contribution is 2.11. The molecule has 0 fully saturated rings. The minimum absolute atomic E-state index is 0. The molecule has 2 aromatic rings. The second kappa shape index (κ2) is 10.4. The van der Waals surface area contributed by atoms with Crippen LogP contribution < -0.4 is 5.56 Å². The molecule has 0 radical (unpaired) electrons. The fraction of sp³-hybridized carbons (Fsp3) is 0.579. The number of nitrogens with zero attached hydrogens (tertiary/aromatic N) is 2. The highest BCUT2D eigenvalue weighted by molar-refractivity contribution is 5.85. The molecule has 0 saturated carbocycles. The summed E-state index contributed by atoms with van der Waals surface area (Å²) in [7, 11) is 0. The molecule has 0 unspecified atom stereocenters. The quantitative estimate of drug-likeness (QED) is 0.596. The number of pyridine rings is 1. The van der Waals surface area contributed by atoms with Crippen molar-refractivity contribution in [3.05, 3.63) is 46.0 Å². The molecule has 0 aliphatic heterocycles. The smallest absolute Gasteiger partial charge is 0.261 e. The lowest BCUT2D eigenvalue weighted by atomic mass is 10.0. The van der Waals surface area contributed by atoms with Gasteiger partial charge in [-0.1, -0.05) is 57.9 Å². The zero-order valence-corrected chi connectivity index (χ0v) is 15.2. The summed E-state index contributed by atoms with van der Waals surface area (Å²) in [6, 6.07) is 5.68. The molecule has 0 bridgehead atoms. The fourth-order valence-electron chi connectivity index (χ4n) is 2.96. The second-order valence-electron chi connectivity index (χ2n) is 6.13. The average molecular weight is 337 g/mol. The Hall–Kier alpha value is -1.35. The van der Waals surface area contributed by atoms with E-state index in [1.807, 2.05) is 25.1 Å². The van der Waals surface area contributed by atoms with Crippen molar-refractivity contribution < 1.29 is 0 Å². The predicted molar refractivity (Wildman–Crippen MR) is 99.8 cm³/mol. The zero-order valence-electron chi connectivity index (χ0n) is 14.4. The topological polar surface area (TPSA) is 34.4 Å². The van der Waals surface area contributed by atoms with Gasteiger partial charge in [-0.25, -0.2) is 4.98 Å². The third-order valence-corrected chi connectivity index (χ3v) is 4.31. The molecule has 3 nitrogen and oxygen atoms in total. The third-order valence-electron chi connectivity index (χ3n) is 4.31. The Balaban J connectivity index is 0.00000264. The largest absolute Gasteiger partial charge is 0.269 e. The first-order valence-electron chi connectivity index (χ1n) is 8.71. The van der Waals surface area contributed by atoms with E-state index in [1.54, 1.807) is 10.6 Å². The Labute approximate surface area is 145 Å². The van der Waals surface area contributed by atoms with E-state index in [1.165, 1.54) is 44.9 Å². The van der Waals surface area contributed by atoms with Crippen molar-refractivity contribution in [2.24, 2.45) is 0 Å². The van der Waals surface area contributed by atoms with E-state index >= 15 is 0 Å². The van der Waals surface area contributed by atoms with Crippen molar-refractivity contribution in [3.63, 3.8) is 0 Å². The number of hydrogen-bond acceptors (Lipinski definition) is 2. The molecule has 0 spiro atoms. The number of rotatable bonds is 9. The normalized spacial score (nSPS) is 10.7. The van der Waals surface area contributed by atoms with E-state index in [2.05, 4.69) is 11.9 Å². The number of aromatic nitrogens is 2. The van der Waals surface area contributed by atoms with E-state index in [0.717, 1.165) is 29.7 Å². The summed E-state index contributed by atoms with van der Waals surface area (Å²) in [5, 5.41) is 0. The maximum Gasteiger partial charge on any atom is 0.261 e. The Morgan fingerprint density at radius 3 is 2.35 bits per heavy atom. The van der Waals surface area contributed by atoms with Crippen LogP contribution in [0.4, 0.5) is 0 Å². The SMILES string of the molecule is CCCCCCCCCCc1c(C)nc2ccccn2c1=O.Cl. The molecular formula is C19H29ClN2O. The van der Waals surface area contributed by atoms with Crippen LogP contribution in [0.1, 0.15) is 69.5 Å². The van der Waals surface area contributed by atoms with Gasteiger partial charge in [0.05, 0.1) is 0 Å². The van der Waals surface area contributed by atoms with Crippen LogP contribution in [0.25, 0.3) is 5.65 Å². The fourth-order valence-corrected chi connectivity index (χ4v) is 2.96. The Kier molecular flexibility index (Phi) is 8.93. The summed E-state index contributed by atoms with van der Waals surface area (Å²) < 4.78 is 1.66. The molecule has 128 valence electrons. The van der Waals surface area contributed by atoms with Crippen LogP contribution in [0, 0.1) is 6.92 Å². The van der Waals surface area contributed by atoms with Gasteiger partial charge in [0.15, 0.2) is 0 Å². The van der Waals surface area contributed by atoms with Crippen molar-refractivity contribution in [1.29, 1.82) is 0 Å². The van der Waals surface area contributed by atoms with Crippen molar-refractivity contribution in [3.8, 4) is 0 Å². The predicted octanol–water partition coefficient (Wildman–Crippen LogP) is 5.11.